The van der Waals surface area contributed by atoms with Gasteiger partial charge in [0.25, 0.3) is 0 Å². The number of aliphatic hydroxyl groups excluding tert-OH is 1. The van der Waals surface area contributed by atoms with Crippen molar-refractivity contribution in [2.24, 2.45) is 5.41 Å². The Hall–Kier alpha value is -1.07. The van der Waals surface area contributed by atoms with Gasteiger partial charge in [0.1, 0.15) is 0 Å². The Balaban J connectivity index is 2.20. The number of halogens is 1. The average molecular weight is 341 g/mol. The second-order valence-electron chi connectivity index (χ2n) is 5.70. The fourth-order valence-corrected chi connectivity index (χ4v) is 3.34. The molecule has 0 aromatic heterocycles. The predicted octanol–water partition coefficient (Wildman–Crippen LogP) is 2.46. The summed E-state index contributed by atoms with van der Waals surface area (Å²) in [5, 5.41) is 12.4. The van der Waals surface area contributed by atoms with E-state index in [0.29, 0.717) is 6.54 Å². The average Bonchev–Trinajstić information content (AvgIpc) is 2.81. The molecule has 1 heterocycles. The largest absolute Gasteiger partial charge is 0.389 e. The molecule has 1 amide bonds. The number of amides is 1. The number of carbonyl (C=O) groups is 1. The normalized spacial score (nSPS) is 23.8. The van der Waals surface area contributed by atoms with Crippen LogP contribution in [0.2, 0.25) is 0 Å². The molecule has 20 heavy (non-hydrogen) atoms. The summed E-state index contributed by atoms with van der Waals surface area (Å²) in [7, 11) is 1.68. The lowest BCUT2D eigenvalue weighted by atomic mass is 9.89. The minimum absolute atomic E-state index is 0.0942. The first kappa shape index (κ1) is 15.3. The van der Waals surface area contributed by atoms with Crippen molar-refractivity contribution in [2.75, 3.05) is 25.0 Å². The first-order chi connectivity index (χ1) is 9.37. The number of benzene rings is 1. The Morgan fingerprint density at radius 3 is 2.80 bits per heavy atom. The Morgan fingerprint density at radius 1 is 1.55 bits per heavy atom. The molecule has 2 rings (SSSR count). The van der Waals surface area contributed by atoms with Gasteiger partial charge in [-0.25, -0.2) is 0 Å². The molecule has 0 saturated carbocycles. The topological polar surface area (TPSA) is 52.6 Å². The highest BCUT2D eigenvalue weighted by Gasteiger charge is 2.40. The van der Waals surface area contributed by atoms with Crippen molar-refractivity contribution in [1.29, 1.82) is 0 Å². The summed E-state index contributed by atoms with van der Waals surface area (Å²) in [6.45, 7) is 5.32. The molecular weight excluding hydrogens is 320 g/mol. The standard InChI is InChI=1S/C15H21BrN2O2/c1-10(19)11-4-5-13(12(16)8-11)18-7-6-15(2,9-18)14(20)17-3/h4-5,8,10,19H,6-7,9H2,1-3H3,(H,17,20). The molecule has 1 fully saturated rings. The van der Waals surface area contributed by atoms with Crippen LogP contribution < -0.4 is 10.2 Å². The SMILES string of the molecule is CNC(=O)C1(C)CCN(c2ccc(C(C)O)cc2Br)C1. The Bertz CT molecular complexity index is 519. The quantitative estimate of drug-likeness (QED) is 0.888. The number of rotatable bonds is 3. The van der Waals surface area contributed by atoms with Crippen LogP contribution in [0, 0.1) is 5.41 Å². The third-order valence-corrected chi connectivity index (χ3v) is 4.68. The summed E-state index contributed by atoms with van der Waals surface area (Å²) in [5.41, 5.74) is 1.62. The molecule has 1 aromatic rings. The highest BCUT2D eigenvalue weighted by atomic mass is 79.9. The first-order valence-electron chi connectivity index (χ1n) is 6.82. The molecule has 1 aliphatic heterocycles. The van der Waals surface area contributed by atoms with E-state index in [1.54, 1.807) is 14.0 Å². The number of nitrogens with one attached hydrogen (secondary N) is 1. The minimum Gasteiger partial charge on any atom is -0.389 e. The molecule has 110 valence electrons. The van der Waals surface area contributed by atoms with Crippen molar-refractivity contribution in [2.45, 2.75) is 26.4 Å². The first-order valence-corrected chi connectivity index (χ1v) is 7.61. The van der Waals surface area contributed by atoms with Gasteiger partial charge in [-0.15, -0.1) is 0 Å². The van der Waals surface area contributed by atoms with Gasteiger partial charge in [-0.05, 0) is 53.9 Å². The lowest BCUT2D eigenvalue weighted by Gasteiger charge is -2.25. The number of carbonyl (C=O) groups excluding carboxylic acids is 1. The predicted molar refractivity (Wildman–Crippen MR) is 83.8 cm³/mol. The van der Waals surface area contributed by atoms with Crippen LogP contribution in [0.1, 0.15) is 31.9 Å². The lowest BCUT2D eigenvalue weighted by Crippen LogP contribution is -2.39. The summed E-state index contributed by atoms with van der Waals surface area (Å²) in [4.78, 5) is 14.2. The van der Waals surface area contributed by atoms with Crippen LogP contribution in [0.15, 0.2) is 22.7 Å². The van der Waals surface area contributed by atoms with E-state index in [4.69, 9.17) is 0 Å². The fraction of sp³-hybridized carbons (Fsp3) is 0.533. The highest BCUT2D eigenvalue weighted by molar-refractivity contribution is 9.10. The lowest BCUT2D eigenvalue weighted by molar-refractivity contribution is -0.128. The smallest absolute Gasteiger partial charge is 0.227 e. The van der Waals surface area contributed by atoms with Gasteiger partial charge in [0, 0.05) is 24.6 Å². The summed E-state index contributed by atoms with van der Waals surface area (Å²) in [6, 6.07) is 5.87. The molecule has 1 aliphatic rings. The van der Waals surface area contributed by atoms with E-state index in [1.165, 1.54) is 0 Å². The fourth-order valence-electron chi connectivity index (χ4n) is 2.69. The molecule has 5 heteroatoms. The van der Waals surface area contributed by atoms with Crippen molar-refractivity contribution >= 4 is 27.5 Å². The van der Waals surface area contributed by atoms with Crippen molar-refractivity contribution in [3.8, 4) is 0 Å². The van der Waals surface area contributed by atoms with Crippen molar-refractivity contribution < 1.29 is 9.90 Å². The summed E-state index contributed by atoms with van der Waals surface area (Å²) in [6.07, 6.45) is 0.368. The monoisotopic (exact) mass is 340 g/mol. The van der Waals surface area contributed by atoms with Gasteiger partial charge in [-0.1, -0.05) is 6.07 Å². The van der Waals surface area contributed by atoms with Gasteiger partial charge in [-0.2, -0.15) is 0 Å². The number of hydrogen-bond donors (Lipinski definition) is 2. The zero-order chi connectivity index (χ0) is 14.9. The van der Waals surface area contributed by atoms with E-state index in [1.807, 2.05) is 25.1 Å². The maximum absolute atomic E-state index is 12.0. The van der Waals surface area contributed by atoms with Gasteiger partial charge in [-0.3, -0.25) is 4.79 Å². The molecule has 2 N–H and O–H groups in total. The number of anilines is 1. The third kappa shape index (κ3) is 2.83. The van der Waals surface area contributed by atoms with E-state index in [2.05, 4.69) is 26.1 Å². The molecule has 1 saturated heterocycles. The molecule has 0 radical (unpaired) electrons. The Labute approximate surface area is 128 Å². The second-order valence-corrected chi connectivity index (χ2v) is 6.55. The zero-order valence-corrected chi connectivity index (χ0v) is 13.7. The Kier molecular flexibility index (Phi) is 4.39. The molecular formula is C15H21BrN2O2. The van der Waals surface area contributed by atoms with Crippen molar-refractivity contribution in [3.63, 3.8) is 0 Å². The van der Waals surface area contributed by atoms with Gasteiger partial charge in [0.15, 0.2) is 0 Å². The zero-order valence-electron chi connectivity index (χ0n) is 12.1. The summed E-state index contributed by atoms with van der Waals surface area (Å²) in [5.74, 6) is 0.0942. The second kappa shape index (κ2) is 5.74. The van der Waals surface area contributed by atoms with Crippen LogP contribution >= 0.6 is 15.9 Å². The van der Waals surface area contributed by atoms with E-state index in [0.717, 1.165) is 28.7 Å². The van der Waals surface area contributed by atoms with Crippen molar-refractivity contribution in [1.82, 2.24) is 5.32 Å². The van der Waals surface area contributed by atoms with Crippen LogP contribution in [0.4, 0.5) is 5.69 Å². The van der Waals surface area contributed by atoms with Crippen LogP contribution in [0.25, 0.3) is 0 Å². The molecule has 1 aromatic carbocycles. The van der Waals surface area contributed by atoms with E-state index in [9.17, 15) is 9.90 Å². The van der Waals surface area contributed by atoms with Crippen LogP contribution in [0.3, 0.4) is 0 Å². The summed E-state index contributed by atoms with van der Waals surface area (Å²) >= 11 is 3.56. The maximum Gasteiger partial charge on any atom is 0.227 e. The molecule has 0 spiro atoms. The minimum atomic E-state index is -0.477. The van der Waals surface area contributed by atoms with E-state index in [-0.39, 0.29) is 11.3 Å². The molecule has 2 unspecified atom stereocenters. The van der Waals surface area contributed by atoms with Crippen molar-refractivity contribution in [3.05, 3.63) is 28.2 Å². The number of hydrogen-bond acceptors (Lipinski definition) is 3. The van der Waals surface area contributed by atoms with Gasteiger partial charge in [0.05, 0.1) is 17.2 Å². The van der Waals surface area contributed by atoms with E-state index < -0.39 is 6.10 Å². The molecule has 0 bridgehead atoms. The Morgan fingerprint density at radius 2 is 2.25 bits per heavy atom. The summed E-state index contributed by atoms with van der Waals surface area (Å²) < 4.78 is 0.956. The highest BCUT2D eigenvalue weighted by Crippen LogP contribution is 2.37. The van der Waals surface area contributed by atoms with Gasteiger partial charge < -0.3 is 15.3 Å². The van der Waals surface area contributed by atoms with Crippen LogP contribution in [-0.2, 0) is 4.79 Å². The molecule has 2 atom stereocenters. The molecule has 4 nitrogen and oxygen atoms in total. The molecule has 0 aliphatic carbocycles. The van der Waals surface area contributed by atoms with Gasteiger partial charge >= 0.3 is 0 Å². The maximum atomic E-state index is 12.0. The van der Waals surface area contributed by atoms with Crippen LogP contribution in [-0.4, -0.2) is 31.2 Å². The van der Waals surface area contributed by atoms with Gasteiger partial charge in [0.2, 0.25) is 5.91 Å². The number of nitrogens with zero attached hydrogens (tertiary/aromatic N) is 1. The van der Waals surface area contributed by atoms with Crippen LogP contribution in [0.5, 0.6) is 0 Å². The van der Waals surface area contributed by atoms with E-state index >= 15 is 0 Å². The number of aliphatic hydroxyl groups is 1. The third-order valence-electron chi connectivity index (χ3n) is 4.04.